The zero-order valence-corrected chi connectivity index (χ0v) is 13.7. The zero-order valence-electron chi connectivity index (χ0n) is 13.7. The maximum atomic E-state index is 10.6. The summed E-state index contributed by atoms with van der Waals surface area (Å²) in [5.74, 6) is 0.353. The topological polar surface area (TPSA) is 52.1 Å². The van der Waals surface area contributed by atoms with Gasteiger partial charge in [0, 0.05) is 11.9 Å². The second kappa shape index (κ2) is 6.75. The van der Waals surface area contributed by atoms with Gasteiger partial charge < -0.3 is 5.11 Å². The highest BCUT2D eigenvalue weighted by Crippen LogP contribution is 2.31. The second-order valence-corrected chi connectivity index (χ2v) is 6.72. The Kier molecular flexibility index (Phi) is 4.32. The quantitative estimate of drug-likeness (QED) is 0.773. The van der Waals surface area contributed by atoms with Crippen LogP contribution in [-0.2, 0) is 6.54 Å². The highest BCUT2D eigenvalue weighted by Gasteiger charge is 2.26. The van der Waals surface area contributed by atoms with Crippen molar-refractivity contribution < 1.29 is 5.11 Å². The Labute approximate surface area is 142 Å². The van der Waals surface area contributed by atoms with E-state index in [0.717, 1.165) is 43.6 Å². The largest absolute Gasteiger partial charge is 0.388 e. The normalized spacial score (nSPS) is 18.0. The molecule has 1 aromatic heterocycles. The van der Waals surface area contributed by atoms with E-state index in [1.54, 1.807) is 0 Å². The van der Waals surface area contributed by atoms with Crippen LogP contribution in [0, 0.1) is 5.92 Å². The number of hydrogen-bond donors (Lipinski definition) is 2. The summed E-state index contributed by atoms with van der Waals surface area (Å²) < 4.78 is 0. The van der Waals surface area contributed by atoms with Crippen LogP contribution in [0.5, 0.6) is 0 Å². The van der Waals surface area contributed by atoms with Crippen LogP contribution in [0.4, 0.5) is 0 Å². The van der Waals surface area contributed by atoms with Crippen LogP contribution < -0.4 is 0 Å². The van der Waals surface area contributed by atoms with Crippen molar-refractivity contribution in [1.82, 2.24) is 15.1 Å². The van der Waals surface area contributed by atoms with E-state index in [2.05, 4.69) is 33.3 Å². The van der Waals surface area contributed by atoms with Gasteiger partial charge in [-0.25, -0.2) is 0 Å². The van der Waals surface area contributed by atoms with E-state index >= 15 is 0 Å². The number of aliphatic hydroxyl groups is 1. The molecule has 2 heterocycles. The third-order valence-electron chi connectivity index (χ3n) is 5.18. The monoisotopic (exact) mass is 321 g/mol. The summed E-state index contributed by atoms with van der Waals surface area (Å²) in [5, 5.41) is 19.0. The van der Waals surface area contributed by atoms with Crippen LogP contribution in [0.3, 0.4) is 0 Å². The number of nitrogens with one attached hydrogen (secondary N) is 1. The van der Waals surface area contributed by atoms with Gasteiger partial charge in [0.2, 0.25) is 0 Å². The number of benzene rings is 2. The molecule has 4 heteroatoms. The number of aromatic amines is 1. The molecule has 1 saturated heterocycles. The van der Waals surface area contributed by atoms with Gasteiger partial charge >= 0.3 is 0 Å². The maximum absolute atomic E-state index is 10.6. The summed E-state index contributed by atoms with van der Waals surface area (Å²) in [7, 11) is 0. The molecule has 0 radical (unpaired) electrons. The molecule has 0 aliphatic carbocycles. The Morgan fingerprint density at radius 3 is 2.67 bits per heavy atom. The van der Waals surface area contributed by atoms with Gasteiger partial charge in [-0.1, -0.05) is 48.5 Å². The van der Waals surface area contributed by atoms with Crippen molar-refractivity contribution in [2.24, 2.45) is 5.92 Å². The Morgan fingerprint density at radius 1 is 1.08 bits per heavy atom. The van der Waals surface area contributed by atoms with Gasteiger partial charge in [0.05, 0.1) is 17.8 Å². The molecule has 1 aliphatic heterocycles. The Bertz CT molecular complexity index is 791. The van der Waals surface area contributed by atoms with Gasteiger partial charge in [0.25, 0.3) is 0 Å². The third-order valence-corrected chi connectivity index (χ3v) is 5.18. The molecule has 0 bridgehead atoms. The minimum absolute atomic E-state index is 0.343. The van der Waals surface area contributed by atoms with Crippen molar-refractivity contribution in [3.8, 4) is 0 Å². The summed E-state index contributed by atoms with van der Waals surface area (Å²) in [6, 6.07) is 16.4. The van der Waals surface area contributed by atoms with Crippen molar-refractivity contribution in [2.45, 2.75) is 25.5 Å². The lowest BCUT2D eigenvalue weighted by Gasteiger charge is -2.34. The number of nitrogens with zero attached hydrogens (tertiary/aromatic N) is 2. The summed E-state index contributed by atoms with van der Waals surface area (Å²) in [5.41, 5.74) is 3.48. The number of H-pyrrole nitrogens is 1. The van der Waals surface area contributed by atoms with E-state index in [1.807, 2.05) is 36.5 Å². The standard InChI is InChI=1S/C20H23N3O/c24-20(15-5-2-1-3-6-15)16-9-11-23(12-10-16)14-18-8-4-7-17-13-21-22-19(17)18/h1-8,13,16,20,24H,9-12,14H2,(H,21,22). The average molecular weight is 321 g/mol. The molecule has 2 N–H and O–H groups in total. The van der Waals surface area contributed by atoms with Crippen LogP contribution in [0.15, 0.2) is 54.7 Å². The van der Waals surface area contributed by atoms with Crippen LogP contribution in [0.25, 0.3) is 10.9 Å². The smallest absolute Gasteiger partial charge is 0.0819 e. The number of para-hydroxylation sites is 1. The number of fused-ring (bicyclic) bond motifs is 1. The van der Waals surface area contributed by atoms with Gasteiger partial charge in [-0.15, -0.1) is 0 Å². The van der Waals surface area contributed by atoms with Crippen molar-refractivity contribution in [1.29, 1.82) is 0 Å². The second-order valence-electron chi connectivity index (χ2n) is 6.72. The van der Waals surface area contributed by atoms with Crippen LogP contribution in [0.1, 0.15) is 30.1 Å². The Balaban J connectivity index is 1.39. The fourth-order valence-electron chi connectivity index (χ4n) is 3.75. The number of aromatic nitrogens is 2. The number of aliphatic hydroxyl groups excluding tert-OH is 1. The summed E-state index contributed by atoms with van der Waals surface area (Å²) in [6.07, 6.45) is 3.61. The molecule has 124 valence electrons. The van der Waals surface area contributed by atoms with E-state index < -0.39 is 0 Å². The molecule has 2 aromatic carbocycles. The van der Waals surface area contributed by atoms with E-state index in [0.29, 0.717) is 5.92 Å². The van der Waals surface area contributed by atoms with E-state index in [-0.39, 0.29) is 6.10 Å². The first-order valence-corrected chi connectivity index (χ1v) is 8.67. The molecule has 24 heavy (non-hydrogen) atoms. The van der Waals surface area contributed by atoms with Crippen LogP contribution in [-0.4, -0.2) is 33.3 Å². The van der Waals surface area contributed by atoms with Crippen molar-refractivity contribution >= 4 is 10.9 Å². The molecule has 1 unspecified atom stereocenters. The lowest BCUT2D eigenvalue weighted by atomic mass is 9.87. The van der Waals surface area contributed by atoms with Gasteiger partial charge in [-0.3, -0.25) is 10.00 Å². The summed E-state index contributed by atoms with van der Waals surface area (Å²) in [4.78, 5) is 2.48. The van der Waals surface area contributed by atoms with Crippen molar-refractivity contribution in [2.75, 3.05) is 13.1 Å². The molecule has 0 spiro atoms. The third kappa shape index (κ3) is 3.07. The van der Waals surface area contributed by atoms with Crippen molar-refractivity contribution in [3.05, 3.63) is 65.9 Å². The molecule has 4 rings (SSSR count). The summed E-state index contributed by atoms with van der Waals surface area (Å²) >= 11 is 0. The number of rotatable bonds is 4. The fraction of sp³-hybridized carbons (Fsp3) is 0.350. The molecule has 1 aliphatic rings. The molecule has 0 saturated carbocycles. The molecule has 3 aromatic rings. The highest BCUT2D eigenvalue weighted by molar-refractivity contribution is 5.81. The minimum atomic E-state index is -0.343. The lowest BCUT2D eigenvalue weighted by molar-refractivity contribution is 0.0569. The maximum Gasteiger partial charge on any atom is 0.0819 e. The minimum Gasteiger partial charge on any atom is -0.388 e. The van der Waals surface area contributed by atoms with Gasteiger partial charge in [0.15, 0.2) is 0 Å². The van der Waals surface area contributed by atoms with Gasteiger partial charge in [-0.05, 0) is 43.0 Å². The zero-order chi connectivity index (χ0) is 16.4. The molecular formula is C20H23N3O. The van der Waals surface area contributed by atoms with E-state index in [9.17, 15) is 5.11 Å². The Hall–Kier alpha value is -2.17. The SMILES string of the molecule is OC(c1ccccc1)C1CCN(Cc2cccc3cn[nH]c23)CC1. The Morgan fingerprint density at radius 2 is 1.88 bits per heavy atom. The van der Waals surface area contributed by atoms with E-state index in [1.165, 1.54) is 10.9 Å². The molecule has 4 nitrogen and oxygen atoms in total. The molecule has 0 amide bonds. The first kappa shape index (κ1) is 15.4. The van der Waals surface area contributed by atoms with Crippen molar-refractivity contribution in [3.63, 3.8) is 0 Å². The lowest BCUT2D eigenvalue weighted by Crippen LogP contribution is -2.35. The molecule has 1 fully saturated rings. The number of hydrogen-bond acceptors (Lipinski definition) is 3. The predicted molar refractivity (Wildman–Crippen MR) is 95.5 cm³/mol. The number of likely N-dealkylation sites (tertiary alicyclic amines) is 1. The summed E-state index contributed by atoms with van der Waals surface area (Å²) in [6.45, 7) is 2.99. The first-order valence-electron chi connectivity index (χ1n) is 8.67. The predicted octanol–water partition coefficient (Wildman–Crippen LogP) is 3.51. The molecule has 1 atom stereocenters. The van der Waals surface area contributed by atoms with Gasteiger partial charge in [0.1, 0.15) is 0 Å². The highest BCUT2D eigenvalue weighted by atomic mass is 16.3. The van der Waals surface area contributed by atoms with Crippen LogP contribution >= 0.6 is 0 Å². The first-order chi connectivity index (χ1) is 11.8. The number of piperidine rings is 1. The van der Waals surface area contributed by atoms with E-state index in [4.69, 9.17) is 0 Å². The van der Waals surface area contributed by atoms with Crippen LogP contribution in [0.2, 0.25) is 0 Å². The average Bonchev–Trinajstić information content (AvgIpc) is 3.12. The fourth-order valence-corrected chi connectivity index (χ4v) is 3.75. The molecular weight excluding hydrogens is 298 g/mol. The van der Waals surface area contributed by atoms with Gasteiger partial charge in [-0.2, -0.15) is 5.10 Å².